The van der Waals surface area contributed by atoms with Gasteiger partial charge in [-0.3, -0.25) is 9.56 Å². The monoisotopic (exact) mass is 441 g/mol. The zero-order valence-electron chi connectivity index (χ0n) is 18.9. The highest BCUT2D eigenvalue weighted by Crippen LogP contribution is 2.43. The molecule has 32 heavy (non-hydrogen) atoms. The molecule has 1 amide bonds. The van der Waals surface area contributed by atoms with E-state index in [1.54, 1.807) is 6.21 Å². The van der Waals surface area contributed by atoms with Gasteiger partial charge in [0.1, 0.15) is 18.1 Å². The smallest absolute Gasteiger partial charge is 0.407 e. The van der Waals surface area contributed by atoms with Crippen LogP contribution in [-0.2, 0) is 4.74 Å². The van der Waals surface area contributed by atoms with Crippen LogP contribution in [0.4, 0.5) is 4.79 Å². The molecule has 1 saturated heterocycles. The van der Waals surface area contributed by atoms with Crippen molar-refractivity contribution in [3.05, 3.63) is 23.9 Å². The molecule has 9 nitrogen and oxygen atoms in total. The van der Waals surface area contributed by atoms with Gasteiger partial charge in [0.2, 0.25) is 0 Å². The Morgan fingerprint density at radius 1 is 1.25 bits per heavy atom. The molecule has 2 unspecified atom stereocenters. The summed E-state index contributed by atoms with van der Waals surface area (Å²) in [5, 5.41) is 15.2. The molecule has 1 aromatic heterocycles. The van der Waals surface area contributed by atoms with Gasteiger partial charge in [0.05, 0.1) is 12.3 Å². The van der Waals surface area contributed by atoms with E-state index in [4.69, 9.17) is 4.74 Å². The second-order valence-corrected chi connectivity index (χ2v) is 9.48. The van der Waals surface area contributed by atoms with E-state index < -0.39 is 0 Å². The lowest BCUT2D eigenvalue weighted by Gasteiger charge is -2.26. The van der Waals surface area contributed by atoms with E-state index in [-0.39, 0.29) is 30.3 Å². The van der Waals surface area contributed by atoms with Gasteiger partial charge in [-0.1, -0.05) is 19.8 Å². The number of piperidine rings is 1. The standard InChI is InChI=1S/C23H35N7O2/c1-2-16-13-17(32-23(31)25-8-6-12-29-10-4-3-5-11-29)14-18(16)22-28-27-20-15-26-21-19(30(20)22)7-9-24-21/h7,9,15-19,21,24H,2-6,8,10-14H2,1H3,(H,25,31)/t16-,17+,18+,19?,21?/m1/s1. The van der Waals surface area contributed by atoms with E-state index in [2.05, 4.69) is 48.3 Å². The van der Waals surface area contributed by atoms with Crippen LogP contribution in [0.2, 0.25) is 0 Å². The van der Waals surface area contributed by atoms with Crippen LogP contribution in [-0.4, -0.2) is 70.4 Å². The molecule has 9 heteroatoms. The molecule has 1 saturated carbocycles. The number of alkyl carbamates (subject to hydrolysis) is 1. The first-order chi connectivity index (χ1) is 15.7. The minimum absolute atomic E-state index is 0.0153. The van der Waals surface area contributed by atoms with Crippen LogP contribution in [0.5, 0.6) is 0 Å². The van der Waals surface area contributed by atoms with Gasteiger partial charge >= 0.3 is 6.09 Å². The van der Waals surface area contributed by atoms with Crippen molar-refractivity contribution in [3.63, 3.8) is 0 Å². The number of amides is 1. The fourth-order valence-corrected chi connectivity index (χ4v) is 5.73. The van der Waals surface area contributed by atoms with Crippen LogP contribution in [0, 0.1) is 5.92 Å². The van der Waals surface area contributed by atoms with Gasteiger partial charge in [-0.25, -0.2) is 4.79 Å². The van der Waals surface area contributed by atoms with E-state index in [0.29, 0.717) is 12.5 Å². The Kier molecular flexibility index (Phi) is 6.43. The van der Waals surface area contributed by atoms with Crippen molar-refractivity contribution in [1.82, 2.24) is 30.3 Å². The minimum atomic E-state index is -0.289. The molecule has 1 aliphatic carbocycles. The Morgan fingerprint density at radius 3 is 2.97 bits per heavy atom. The predicted octanol–water partition coefficient (Wildman–Crippen LogP) is 2.57. The Morgan fingerprint density at radius 2 is 2.12 bits per heavy atom. The number of likely N-dealkylation sites (tertiary alicyclic amines) is 1. The first-order valence-electron chi connectivity index (χ1n) is 12.3. The fraction of sp³-hybridized carbons (Fsp3) is 0.739. The Hall–Kier alpha value is -2.42. The summed E-state index contributed by atoms with van der Waals surface area (Å²) < 4.78 is 8.03. The summed E-state index contributed by atoms with van der Waals surface area (Å²) in [4.78, 5) is 19.4. The summed E-state index contributed by atoms with van der Waals surface area (Å²) in [5.41, 5.74) is 0. The van der Waals surface area contributed by atoms with Crippen molar-refractivity contribution in [2.45, 2.75) is 76.1 Å². The first kappa shape index (κ1) is 21.4. The summed E-state index contributed by atoms with van der Waals surface area (Å²) in [5.74, 6) is 2.46. The van der Waals surface area contributed by atoms with Gasteiger partial charge in [-0.05, 0) is 69.9 Å². The molecule has 5 atom stereocenters. The lowest BCUT2D eigenvalue weighted by Crippen LogP contribution is -2.34. The Labute approximate surface area is 189 Å². The highest BCUT2D eigenvalue weighted by atomic mass is 16.6. The van der Waals surface area contributed by atoms with Gasteiger partial charge in [-0.2, -0.15) is 0 Å². The number of aromatic nitrogens is 3. The first-order valence-corrected chi connectivity index (χ1v) is 12.3. The lowest BCUT2D eigenvalue weighted by molar-refractivity contribution is 0.0976. The SMILES string of the molecule is CC[C@@H]1C[C@H](OC(=O)NCCCN2CCCCC2)C[C@@H]1c1nnc2n1C1C=CNC1N=C2. The number of nitrogens with one attached hydrogen (secondary N) is 2. The minimum Gasteiger partial charge on any atom is -0.446 e. The quantitative estimate of drug-likeness (QED) is 0.632. The molecule has 2 N–H and O–H groups in total. The lowest BCUT2D eigenvalue weighted by atomic mass is 9.92. The zero-order chi connectivity index (χ0) is 21.9. The molecular formula is C23H35N7O2. The molecule has 4 aliphatic rings. The maximum atomic E-state index is 12.4. The number of ether oxygens (including phenoxy) is 1. The molecule has 1 aromatic rings. The van der Waals surface area contributed by atoms with Gasteiger partial charge < -0.3 is 20.3 Å². The summed E-state index contributed by atoms with van der Waals surface area (Å²) in [7, 11) is 0. The maximum Gasteiger partial charge on any atom is 0.407 e. The highest BCUT2D eigenvalue weighted by molar-refractivity contribution is 5.76. The summed E-state index contributed by atoms with van der Waals surface area (Å²) in [6.07, 6.45) is 13.1. The maximum absolute atomic E-state index is 12.4. The van der Waals surface area contributed by atoms with Gasteiger partial charge in [0.25, 0.3) is 0 Å². The third-order valence-corrected chi connectivity index (χ3v) is 7.43. The largest absolute Gasteiger partial charge is 0.446 e. The van der Waals surface area contributed by atoms with E-state index in [1.807, 2.05) is 6.20 Å². The van der Waals surface area contributed by atoms with Gasteiger partial charge in [0.15, 0.2) is 5.82 Å². The number of fused-ring (bicyclic) bond motifs is 3. The van der Waals surface area contributed by atoms with Crippen molar-refractivity contribution in [3.8, 4) is 0 Å². The van der Waals surface area contributed by atoms with Crippen LogP contribution in [0.15, 0.2) is 17.3 Å². The Bertz CT molecular complexity index is 861. The molecule has 174 valence electrons. The number of hydrogen-bond acceptors (Lipinski definition) is 7. The van der Waals surface area contributed by atoms with Crippen molar-refractivity contribution < 1.29 is 9.53 Å². The van der Waals surface area contributed by atoms with Crippen LogP contribution >= 0.6 is 0 Å². The topological polar surface area (TPSA) is 96.7 Å². The fourth-order valence-electron chi connectivity index (χ4n) is 5.73. The number of nitrogens with zero attached hydrogens (tertiary/aromatic N) is 5. The van der Waals surface area contributed by atoms with E-state index in [0.717, 1.165) is 43.9 Å². The van der Waals surface area contributed by atoms with Crippen molar-refractivity contribution in [2.24, 2.45) is 10.9 Å². The second kappa shape index (κ2) is 9.60. The predicted molar refractivity (Wildman–Crippen MR) is 122 cm³/mol. The number of carbonyl (C=O) groups is 1. The number of carbonyl (C=O) groups excluding carboxylic acids is 1. The average Bonchev–Trinajstić information content (AvgIpc) is 3.54. The number of aliphatic imine (C=N–C) groups is 1. The number of rotatable bonds is 7. The highest BCUT2D eigenvalue weighted by Gasteiger charge is 2.41. The summed E-state index contributed by atoms with van der Waals surface area (Å²) >= 11 is 0. The molecule has 3 aliphatic heterocycles. The van der Waals surface area contributed by atoms with E-state index in [1.165, 1.54) is 32.4 Å². The molecule has 2 fully saturated rings. The normalized spacial score (nSPS) is 31.2. The van der Waals surface area contributed by atoms with Crippen LogP contribution in [0.1, 0.15) is 75.5 Å². The molecule has 0 spiro atoms. The van der Waals surface area contributed by atoms with E-state index in [9.17, 15) is 4.79 Å². The molecule has 0 aromatic carbocycles. The van der Waals surface area contributed by atoms with Crippen LogP contribution in [0.3, 0.4) is 0 Å². The van der Waals surface area contributed by atoms with Crippen molar-refractivity contribution in [1.29, 1.82) is 0 Å². The third-order valence-electron chi connectivity index (χ3n) is 7.43. The molecular weight excluding hydrogens is 406 g/mol. The average molecular weight is 442 g/mol. The Balaban J connectivity index is 1.15. The molecule has 0 radical (unpaired) electrons. The van der Waals surface area contributed by atoms with Gasteiger partial charge in [0, 0.05) is 12.5 Å². The number of hydrogen-bond donors (Lipinski definition) is 2. The third kappa shape index (κ3) is 4.40. The van der Waals surface area contributed by atoms with Crippen LogP contribution in [0.25, 0.3) is 0 Å². The molecule has 0 bridgehead atoms. The van der Waals surface area contributed by atoms with Crippen molar-refractivity contribution in [2.75, 3.05) is 26.2 Å². The second-order valence-electron chi connectivity index (χ2n) is 9.48. The van der Waals surface area contributed by atoms with Crippen LogP contribution < -0.4 is 10.6 Å². The zero-order valence-corrected chi connectivity index (χ0v) is 18.9. The van der Waals surface area contributed by atoms with Crippen molar-refractivity contribution >= 4 is 12.3 Å². The van der Waals surface area contributed by atoms with E-state index >= 15 is 0 Å². The molecule has 5 rings (SSSR count). The van der Waals surface area contributed by atoms with Gasteiger partial charge in [-0.15, -0.1) is 10.2 Å². The molecule has 4 heterocycles. The summed E-state index contributed by atoms with van der Waals surface area (Å²) in [6, 6.07) is 0.112. The summed E-state index contributed by atoms with van der Waals surface area (Å²) in [6.45, 7) is 6.31.